The van der Waals surface area contributed by atoms with Gasteiger partial charge in [-0.05, 0) is 35.6 Å². The minimum absolute atomic E-state index is 0.00232. The molecule has 0 bridgehead atoms. The second kappa shape index (κ2) is 9.85. The summed E-state index contributed by atoms with van der Waals surface area (Å²) in [7, 11) is 1.43. The summed E-state index contributed by atoms with van der Waals surface area (Å²) in [5, 5.41) is 17.1. The lowest BCUT2D eigenvalue weighted by Crippen LogP contribution is -2.33. The van der Waals surface area contributed by atoms with E-state index < -0.39 is 4.92 Å². The molecule has 0 aliphatic rings. The Bertz CT molecular complexity index is 819. The number of nitro benzene ring substituents is 1. The molecule has 28 heavy (non-hydrogen) atoms. The molecule has 2 N–H and O–H groups in total. The quantitative estimate of drug-likeness (QED) is 0.501. The molecule has 0 fully saturated rings. The third-order valence-corrected chi connectivity index (χ3v) is 4.57. The van der Waals surface area contributed by atoms with E-state index in [0.29, 0.717) is 5.75 Å². The maximum absolute atomic E-state index is 12.4. The summed E-state index contributed by atoms with van der Waals surface area (Å²) >= 11 is 0. The SMILES string of the molecule is CCc1ccc([C@@H](NCC(=O)Nc2ccc(OC)cc2[N+](=O)[O-])C(C)C)cc1. The van der Waals surface area contributed by atoms with Gasteiger partial charge in [-0.1, -0.05) is 45.0 Å². The highest BCUT2D eigenvalue weighted by atomic mass is 16.6. The number of amides is 1. The average molecular weight is 385 g/mol. The van der Waals surface area contributed by atoms with Crippen molar-refractivity contribution >= 4 is 17.3 Å². The third-order valence-electron chi connectivity index (χ3n) is 4.57. The number of carbonyl (C=O) groups excluding carboxylic acids is 1. The molecule has 0 spiro atoms. The fourth-order valence-corrected chi connectivity index (χ4v) is 2.99. The van der Waals surface area contributed by atoms with Crippen LogP contribution in [0.2, 0.25) is 0 Å². The summed E-state index contributed by atoms with van der Waals surface area (Å²) in [4.78, 5) is 23.1. The molecule has 7 heteroatoms. The molecular formula is C21H27N3O4. The molecule has 2 aromatic carbocycles. The second-order valence-corrected chi connectivity index (χ2v) is 6.89. The number of anilines is 1. The number of methoxy groups -OCH3 is 1. The van der Waals surface area contributed by atoms with Gasteiger partial charge < -0.3 is 15.4 Å². The molecule has 7 nitrogen and oxygen atoms in total. The van der Waals surface area contributed by atoms with E-state index in [9.17, 15) is 14.9 Å². The summed E-state index contributed by atoms with van der Waals surface area (Å²) in [6, 6.07) is 12.7. The van der Waals surface area contributed by atoms with E-state index in [1.165, 1.54) is 24.8 Å². The fourth-order valence-electron chi connectivity index (χ4n) is 2.99. The maximum Gasteiger partial charge on any atom is 0.296 e. The van der Waals surface area contributed by atoms with Crippen LogP contribution in [-0.4, -0.2) is 24.5 Å². The summed E-state index contributed by atoms with van der Waals surface area (Å²) in [6.07, 6.45) is 0.975. The Morgan fingerprint density at radius 3 is 2.39 bits per heavy atom. The van der Waals surface area contributed by atoms with E-state index in [2.05, 4.69) is 55.7 Å². The van der Waals surface area contributed by atoms with Crippen molar-refractivity contribution in [2.24, 2.45) is 5.92 Å². The van der Waals surface area contributed by atoms with Crippen LogP contribution in [0.4, 0.5) is 11.4 Å². The normalized spacial score (nSPS) is 11.9. The standard InChI is InChI=1S/C21H27N3O4/c1-5-15-6-8-16(9-7-15)21(14(2)3)22-13-20(25)23-18-11-10-17(28-4)12-19(18)24(26)27/h6-12,14,21-22H,5,13H2,1-4H3,(H,23,25)/t21-/m0/s1. The van der Waals surface area contributed by atoms with Gasteiger partial charge in [-0.2, -0.15) is 0 Å². The molecule has 0 aromatic heterocycles. The van der Waals surface area contributed by atoms with E-state index in [1.807, 2.05) is 0 Å². The fraction of sp³-hybridized carbons (Fsp3) is 0.381. The average Bonchev–Trinajstić information content (AvgIpc) is 2.68. The topological polar surface area (TPSA) is 93.5 Å². The Kier molecular flexibility index (Phi) is 7.52. The molecule has 0 unspecified atom stereocenters. The number of benzene rings is 2. The molecule has 0 aliphatic carbocycles. The van der Waals surface area contributed by atoms with Crippen molar-refractivity contribution in [1.82, 2.24) is 5.32 Å². The highest BCUT2D eigenvalue weighted by Gasteiger charge is 2.19. The number of nitrogens with one attached hydrogen (secondary N) is 2. The van der Waals surface area contributed by atoms with Crippen LogP contribution in [0.15, 0.2) is 42.5 Å². The Morgan fingerprint density at radius 1 is 1.18 bits per heavy atom. The first-order valence-electron chi connectivity index (χ1n) is 9.30. The van der Waals surface area contributed by atoms with Crippen molar-refractivity contribution in [3.63, 3.8) is 0 Å². The monoisotopic (exact) mass is 385 g/mol. The molecule has 1 amide bonds. The number of hydrogen-bond donors (Lipinski definition) is 2. The minimum atomic E-state index is -0.544. The Labute approximate surface area is 165 Å². The Balaban J connectivity index is 2.06. The molecule has 1 atom stereocenters. The summed E-state index contributed by atoms with van der Waals surface area (Å²) < 4.78 is 5.01. The van der Waals surface area contributed by atoms with Crippen LogP contribution in [0, 0.1) is 16.0 Å². The zero-order chi connectivity index (χ0) is 20.7. The van der Waals surface area contributed by atoms with Crippen molar-refractivity contribution in [2.75, 3.05) is 19.0 Å². The molecule has 2 rings (SSSR count). The number of aryl methyl sites for hydroxylation is 1. The van der Waals surface area contributed by atoms with Crippen molar-refractivity contribution < 1.29 is 14.5 Å². The summed E-state index contributed by atoms with van der Waals surface area (Å²) in [5.41, 5.74) is 2.31. The van der Waals surface area contributed by atoms with E-state index in [0.717, 1.165) is 12.0 Å². The van der Waals surface area contributed by atoms with Gasteiger partial charge in [0.05, 0.1) is 24.6 Å². The van der Waals surface area contributed by atoms with Crippen LogP contribution in [0.5, 0.6) is 5.75 Å². The van der Waals surface area contributed by atoms with Crippen LogP contribution in [0.3, 0.4) is 0 Å². The largest absolute Gasteiger partial charge is 0.496 e. The summed E-state index contributed by atoms with van der Waals surface area (Å²) in [6.45, 7) is 6.31. The minimum Gasteiger partial charge on any atom is -0.496 e. The molecule has 150 valence electrons. The predicted octanol–water partition coefficient (Wildman–Crippen LogP) is 4.09. The maximum atomic E-state index is 12.4. The van der Waals surface area contributed by atoms with Gasteiger partial charge in [0, 0.05) is 6.04 Å². The molecule has 0 aliphatic heterocycles. The van der Waals surface area contributed by atoms with Crippen LogP contribution in [0.1, 0.15) is 37.9 Å². The Hall–Kier alpha value is -2.93. The number of rotatable bonds is 9. The van der Waals surface area contributed by atoms with Gasteiger partial charge in [-0.25, -0.2) is 0 Å². The smallest absolute Gasteiger partial charge is 0.296 e. The number of hydrogen-bond acceptors (Lipinski definition) is 5. The predicted molar refractivity (Wildman–Crippen MR) is 110 cm³/mol. The van der Waals surface area contributed by atoms with Gasteiger partial charge in [0.25, 0.3) is 5.69 Å². The lowest BCUT2D eigenvalue weighted by atomic mass is 9.95. The molecule has 0 saturated carbocycles. The van der Waals surface area contributed by atoms with Crippen molar-refractivity contribution in [3.8, 4) is 5.75 Å². The number of ether oxygens (including phenoxy) is 1. The number of carbonyl (C=O) groups is 1. The van der Waals surface area contributed by atoms with Crippen molar-refractivity contribution in [1.29, 1.82) is 0 Å². The summed E-state index contributed by atoms with van der Waals surface area (Å²) in [5.74, 6) is 0.290. The van der Waals surface area contributed by atoms with Crippen LogP contribution >= 0.6 is 0 Å². The first-order chi connectivity index (χ1) is 13.3. The van der Waals surface area contributed by atoms with Crippen molar-refractivity contribution in [2.45, 2.75) is 33.2 Å². The number of nitrogens with zero attached hydrogens (tertiary/aromatic N) is 1. The molecule has 2 aromatic rings. The van der Waals surface area contributed by atoms with E-state index >= 15 is 0 Å². The van der Waals surface area contributed by atoms with Gasteiger partial charge in [0.1, 0.15) is 11.4 Å². The van der Waals surface area contributed by atoms with Gasteiger partial charge in [0.2, 0.25) is 5.91 Å². The zero-order valence-corrected chi connectivity index (χ0v) is 16.7. The second-order valence-electron chi connectivity index (χ2n) is 6.89. The Morgan fingerprint density at radius 2 is 1.86 bits per heavy atom. The van der Waals surface area contributed by atoms with E-state index in [4.69, 9.17) is 4.74 Å². The first-order valence-corrected chi connectivity index (χ1v) is 9.30. The molecule has 0 heterocycles. The van der Waals surface area contributed by atoms with Gasteiger partial charge >= 0.3 is 0 Å². The number of nitro groups is 1. The van der Waals surface area contributed by atoms with Gasteiger partial charge in [-0.3, -0.25) is 14.9 Å². The molecule has 0 saturated heterocycles. The zero-order valence-electron chi connectivity index (χ0n) is 16.7. The highest BCUT2D eigenvalue weighted by molar-refractivity contribution is 5.94. The van der Waals surface area contributed by atoms with Crippen LogP contribution in [0.25, 0.3) is 0 Å². The van der Waals surface area contributed by atoms with Crippen LogP contribution < -0.4 is 15.4 Å². The van der Waals surface area contributed by atoms with Gasteiger partial charge in [0.15, 0.2) is 0 Å². The highest BCUT2D eigenvalue weighted by Crippen LogP contribution is 2.29. The lowest BCUT2D eigenvalue weighted by molar-refractivity contribution is -0.384. The van der Waals surface area contributed by atoms with E-state index in [-0.39, 0.29) is 35.8 Å². The van der Waals surface area contributed by atoms with Crippen LogP contribution in [-0.2, 0) is 11.2 Å². The van der Waals surface area contributed by atoms with Gasteiger partial charge in [-0.15, -0.1) is 0 Å². The first kappa shape index (κ1) is 21.4. The molecular weight excluding hydrogens is 358 g/mol. The van der Waals surface area contributed by atoms with E-state index in [1.54, 1.807) is 6.07 Å². The third kappa shape index (κ3) is 5.53. The lowest BCUT2D eigenvalue weighted by Gasteiger charge is -2.23. The molecule has 0 radical (unpaired) electrons. The van der Waals surface area contributed by atoms with Crippen molar-refractivity contribution in [3.05, 3.63) is 63.7 Å².